The number of esters is 1. The summed E-state index contributed by atoms with van der Waals surface area (Å²) in [6.45, 7) is 1.31. The molecule has 0 saturated carbocycles. The Balaban J connectivity index is 2.79. The number of carbonyl (C=O) groups excluding carboxylic acids is 1. The number of hydrogen-bond donors (Lipinski definition) is 0. The average Bonchev–Trinajstić information content (AvgIpc) is 2.27. The smallest absolute Gasteiger partial charge is 0.381 e. The zero-order valence-corrected chi connectivity index (χ0v) is 9.12. The Bertz CT molecular complexity index is 428. The summed E-state index contributed by atoms with van der Waals surface area (Å²) < 4.78 is 43.2. The van der Waals surface area contributed by atoms with E-state index >= 15 is 0 Å². The van der Waals surface area contributed by atoms with Gasteiger partial charge in [-0.3, -0.25) is 0 Å². The van der Waals surface area contributed by atoms with Gasteiger partial charge in [0, 0.05) is 0 Å². The lowest BCUT2D eigenvalue weighted by Crippen LogP contribution is -2.28. The van der Waals surface area contributed by atoms with Crippen molar-refractivity contribution < 1.29 is 22.7 Å². The van der Waals surface area contributed by atoms with E-state index in [1.54, 1.807) is 0 Å². The molecule has 0 spiro atoms. The van der Waals surface area contributed by atoms with Crippen LogP contribution in [0.25, 0.3) is 6.08 Å². The van der Waals surface area contributed by atoms with Crippen LogP contribution >= 0.6 is 0 Å². The Labute approximate surface area is 96.7 Å². The highest BCUT2D eigenvalue weighted by Crippen LogP contribution is 2.19. The molecule has 1 aromatic carbocycles. The molecule has 0 N–H and O–H groups in total. The molecule has 0 aliphatic heterocycles. The maximum absolute atomic E-state index is 13.1. The maximum atomic E-state index is 13.1. The van der Waals surface area contributed by atoms with Gasteiger partial charge in [-0.1, -0.05) is 18.2 Å². The van der Waals surface area contributed by atoms with Crippen molar-refractivity contribution in [1.82, 2.24) is 0 Å². The van der Waals surface area contributed by atoms with E-state index in [1.807, 2.05) is 0 Å². The molecule has 0 aliphatic rings. The first-order chi connectivity index (χ1) is 7.95. The molecule has 0 fully saturated rings. The molecule has 0 aromatic heterocycles. The summed E-state index contributed by atoms with van der Waals surface area (Å²) in [7, 11) is 0. The molecule has 1 aromatic rings. The molecule has 0 bridgehead atoms. The number of rotatable bonds is 4. The van der Waals surface area contributed by atoms with E-state index in [-0.39, 0.29) is 12.2 Å². The fourth-order valence-electron chi connectivity index (χ4n) is 1.11. The standard InChI is InChI=1S/C12H11F3O2/c1-2-17-11(16)12(14,15)7-6-9-4-3-5-10(13)8-9/h3-8H,2H2,1H3/b7-6+. The SMILES string of the molecule is CCOC(=O)C(F)(F)/C=C/c1cccc(F)c1. The number of carbonyl (C=O) groups is 1. The summed E-state index contributed by atoms with van der Waals surface area (Å²) in [6, 6.07) is 5.11. The summed E-state index contributed by atoms with van der Waals surface area (Å²) in [6.07, 6.45) is 1.36. The molecule has 17 heavy (non-hydrogen) atoms. The molecule has 0 atom stereocenters. The quantitative estimate of drug-likeness (QED) is 0.761. The minimum absolute atomic E-state index is 0.123. The first-order valence-electron chi connectivity index (χ1n) is 4.95. The first kappa shape index (κ1) is 13.3. The summed E-state index contributed by atoms with van der Waals surface area (Å²) in [5.74, 6) is -5.86. The number of benzene rings is 1. The third-order valence-corrected chi connectivity index (χ3v) is 1.88. The van der Waals surface area contributed by atoms with Gasteiger partial charge in [0.25, 0.3) is 0 Å². The van der Waals surface area contributed by atoms with Crippen LogP contribution in [0.1, 0.15) is 12.5 Å². The van der Waals surface area contributed by atoms with Crippen LogP contribution in [-0.4, -0.2) is 18.5 Å². The minimum atomic E-state index is -3.71. The average molecular weight is 244 g/mol. The molecule has 0 saturated heterocycles. The largest absolute Gasteiger partial charge is 0.461 e. The normalized spacial score (nSPS) is 11.8. The summed E-state index contributed by atoms with van der Waals surface area (Å²) in [5, 5.41) is 0. The second kappa shape index (κ2) is 5.52. The van der Waals surface area contributed by atoms with Crippen LogP contribution in [0.4, 0.5) is 13.2 Å². The molecular weight excluding hydrogens is 233 g/mol. The Morgan fingerprint density at radius 3 is 2.76 bits per heavy atom. The van der Waals surface area contributed by atoms with E-state index in [4.69, 9.17) is 0 Å². The lowest BCUT2D eigenvalue weighted by molar-refractivity contribution is -0.164. The number of hydrogen-bond acceptors (Lipinski definition) is 2. The van der Waals surface area contributed by atoms with Crippen molar-refractivity contribution in [2.24, 2.45) is 0 Å². The molecule has 1 rings (SSSR count). The lowest BCUT2D eigenvalue weighted by Gasteiger charge is -2.09. The topological polar surface area (TPSA) is 26.3 Å². The van der Waals surface area contributed by atoms with Gasteiger partial charge >= 0.3 is 11.9 Å². The predicted molar refractivity (Wildman–Crippen MR) is 57.0 cm³/mol. The third-order valence-electron chi connectivity index (χ3n) is 1.88. The van der Waals surface area contributed by atoms with Gasteiger partial charge in [0.05, 0.1) is 6.61 Å². The van der Waals surface area contributed by atoms with Gasteiger partial charge < -0.3 is 4.74 Å². The Hall–Kier alpha value is -1.78. The Kier molecular flexibility index (Phi) is 4.31. The highest BCUT2D eigenvalue weighted by atomic mass is 19.3. The summed E-state index contributed by atoms with van der Waals surface area (Å²) in [5.41, 5.74) is 0.244. The van der Waals surface area contributed by atoms with Gasteiger partial charge in [-0.2, -0.15) is 8.78 Å². The van der Waals surface area contributed by atoms with Crippen LogP contribution < -0.4 is 0 Å². The maximum Gasteiger partial charge on any atom is 0.381 e. The Morgan fingerprint density at radius 2 is 2.18 bits per heavy atom. The van der Waals surface area contributed by atoms with Gasteiger partial charge in [0.2, 0.25) is 0 Å². The van der Waals surface area contributed by atoms with E-state index in [9.17, 15) is 18.0 Å². The van der Waals surface area contributed by atoms with Crippen molar-refractivity contribution >= 4 is 12.0 Å². The monoisotopic (exact) mass is 244 g/mol. The molecule has 0 unspecified atom stereocenters. The highest BCUT2D eigenvalue weighted by molar-refractivity contribution is 5.81. The van der Waals surface area contributed by atoms with Crippen molar-refractivity contribution in [3.8, 4) is 0 Å². The van der Waals surface area contributed by atoms with E-state index in [0.29, 0.717) is 6.08 Å². The van der Waals surface area contributed by atoms with Gasteiger partial charge in [-0.15, -0.1) is 0 Å². The molecule has 0 amide bonds. The van der Waals surface area contributed by atoms with Gasteiger partial charge in [0.15, 0.2) is 0 Å². The van der Waals surface area contributed by atoms with Gasteiger partial charge in [0.1, 0.15) is 5.82 Å². The van der Waals surface area contributed by atoms with E-state index in [2.05, 4.69) is 4.74 Å². The molecule has 0 aliphatic carbocycles. The summed E-state index contributed by atoms with van der Waals surface area (Å²) in [4.78, 5) is 10.9. The Morgan fingerprint density at radius 1 is 1.47 bits per heavy atom. The molecule has 0 radical (unpaired) electrons. The van der Waals surface area contributed by atoms with Crippen molar-refractivity contribution in [2.45, 2.75) is 12.8 Å². The van der Waals surface area contributed by atoms with E-state index in [0.717, 1.165) is 12.1 Å². The number of halogens is 3. The zero-order chi connectivity index (χ0) is 12.9. The molecule has 2 nitrogen and oxygen atoms in total. The van der Waals surface area contributed by atoms with Crippen LogP contribution in [-0.2, 0) is 9.53 Å². The van der Waals surface area contributed by atoms with Crippen LogP contribution in [0, 0.1) is 5.82 Å². The van der Waals surface area contributed by atoms with Crippen molar-refractivity contribution in [3.63, 3.8) is 0 Å². The number of alkyl halides is 2. The van der Waals surface area contributed by atoms with Crippen molar-refractivity contribution in [2.75, 3.05) is 6.61 Å². The molecule has 92 valence electrons. The zero-order valence-electron chi connectivity index (χ0n) is 9.12. The van der Waals surface area contributed by atoms with Crippen LogP contribution in [0.5, 0.6) is 0 Å². The van der Waals surface area contributed by atoms with Crippen LogP contribution in [0.2, 0.25) is 0 Å². The summed E-state index contributed by atoms with van der Waals surface area (Å²) >= 11 is 0. The lowest BCUT2D eigenvalue weighted by atomic mass is 10.2. The van der Waals surface area contributed by atoms with Crippen molar-refractivity contribution in [1.29, 1.82) is 0 Å². The highest BCUT2D eigenvalue weighted by Gasteiger charge is 2.37. The van der Waals surface area contributed by atoms with E-state index < -0.39 is 17.7 Å². The van der Waals surface area contributed by atoms with Crippen molar-refractivity contribution in [3.05, 3.63) is 41.7 Å². The number of ether oxygens (including phenoxy) is 1. The van der Waals surface area contributed by atoms with Crippen LogP contribution in [0.3, 0.4) is 0 Å². The minimum Gasteiger partial charge on any atom is -0.461 e. The predicted octanol–water partition coefficient (Wildman–Crippen LogP) is 3.04. The molecular formula is C12H11F3O2. The second-order valence-corrected chi connectivity index (χ2v) is 3.23. The molecule has 5 heteroatoms. The third kappa shape index (κ3) is 3.94. The van der Waals surface area contributed by atoms with Crippen LogP contribution in [0.15, 0.2) is 30.3 Å². The fourth-order valence-corrected chi connectivity index (χ4v) is 1.11. The van der Waals surface area contributed by atoms with Gasteiger partial charge in [-0.05, 0) is 30.7 Å². The molecule has 0 heterocycles. The fraction of sp³-hybridized carbons (Fsp3) is 0.250. The first-order valence-corrected chi connectivity index (χ1v) is 4.95. The van der Waals surface area contributed by atoms with Gasteiger partial charge in [-0.25, -0.2) is 9.18 Å². The second-order valence-electron chi connectivity index (χ2n) is 3.23. The van der Waals surface area contributed by atoms with E-state index in [1.165, 1.54) is 25.1 Å².